The normalized spacial score (nSPS) is 22.4. The van der Waals surface area contributed by atoms with Crippen LogP contribution >= 0.6 is 0 Å². The molecule has 4 aromatic carbocycles. The van der Waals surface area contributed by atoms with Crippen molar-refractivity contribution in [3.05, 3.63) is 142 Å². The molecule has 0 aliphatic carbocycles. The summed E-state index contributed by atoms with van der Waals surface area (Å²) in [6.07, 6.45) is -7.77. The summed E-state index contributed by atoms with van der Waals surface area (Å²) in [5.74, 6) is -0.228. The number of aliphatic hydroxyl groups excluding tert-OH is 4. The van der Waals surface area contributed by atoms with Gasteiger partial charge in [-0.2, -0.15) is 0 Å². The average molecular weight is 574 g/mol. The number of nitrogens with zero attached hydrogens (tertiary/aromatic N) is 1. The Kier molecular flexibility index (Phi) is 8.93. The molecule has 5 atom stereocenters. The molecule has 1 aliphatic heterocycles. The number of hydrogen-bond acceptors (Lipinski definition) is 9. The first-order valence-corrected chi connectivity index (χ1v) is 13.4. The van der Waals surface area contributed by atoms with Crippen molar-refractivity contribution in [1.29, 1.82) is 0 Å². The zero-order valence-electron chi connectivity index (χ0n) is 22.5. The van der Waals surface area contributed by atoms with E-state index in [0.29, 0.717) is 5.56 Å². The van der Waals surface area contributed by atoms with E-state index in [2.05, 4.69) is 0 Å². The Hall–Kier alpha value is -4.16. The van der Waals surface area contributed by atoms with Gasteiger partial charge in [0.15, 0.2) is 5.75 Å². The highest BCUT2D eigenvalue weighted by Gasteiger charge is 2.45. The third kappa shape index (κ3) is 5.77. The highest BCUT2D eigenvalue weighted by Crippen LogP contribution is 2.41. The van der Waals surface area contributed by atoms with Gasteiger partial charge in [-0.15, -0.1) is 0 Å². The van der Waals surface area contributed by atoms with Crippen LogP contribution in [-0.4, -0.2) is 62.7 Å². The minimum Gasteiger partial charge on any atom is -0.455 e. The maximum absolute atomic E-state index is 12.1. The van der Waals surface area contributed by atoms with Crippen LogP contribution < -0.4 is 4.74 Å². The Morgan fingerprint density at radius 2 is 1.29 bits per heavy atom. The van der Waals surface area contributed by atoms with E-state index in [1.807, 2.05) is 91.0 Å². The second kappa shape index (κ2) is 12.8. The molecule has 0 bridgehead atoms. The molecule has 10 nitrogen and oxygen atoms in total. The van der Waals surface area contributed by atoms with Crippen molar-refractivity contribution in [1.82, 2.24) is 0 Å². The average Bonchev–Trinajstić information content (AvgIpc) is 3.03. The molecule has 1 aliphatic rings. The summed E-state index contributed by atoms with van der Waals surface area (Å²) in [7, 11) is 0. The Labute approximate surface area is 242 Å². The van der Waals surface area contributed by atoms with Crippen molar-refractivity contribution < 1.29 is 39.6 Å². The molecule has 0 amide bonds. The summed E-state index contributed by atoms with van der Waals surface area (Å²) in [6, 6.07) is 33.4. The first-order chi connectivity index (χ1) is 20.3. The molecule has 10 heteroatoms. The fraction of sp³-hybridized carbons (Fsp3) is 0.250. The molecule has 42 heavy (non-hydrogen) atoms. The molecule has 4 N–H and O–H groups in total. The van der Waals surface area contributed by atoms with E-state index in [9.17, 15) is 30.5 Å². The van der Waals surface area contributed by atoms with Crippen LogP contribution in [0.25, 0.3) is 0 Å². The van der Waals surface area contributed by atoms with E-state index in [1.54, 1.807) is 6.07 Å². The minimum atomic E-state index is -1.71. The lowest BCUT2D eigenvalue weighted by Crippen LogP contribution is -2.60. The van der Waals surface area contributed by atoms with E-state index in [1.165, 1.54) is 12.1 Å². The minimum absolute atomic E-state index is 0.0140. The lowest BCUT2D eigenvalue weighted by Gasteiger charge is -2.39. The zero-order valence-corrected chi connectivity index (χ0v) is 22.5. The van der Waals surface area contributed by atoms with Gasteiger partial charge in [-0.25, -0.2) is 0 Å². The molecule has 5 rings (SSSR count). The molecular formula is C32H31NO9. The van der Waals surface area contributed by atoms with Crippen molar-refractivity contribution in [2.24, 2.45) is 0 Å². The van der Waals surface area contributed by atoms with Crippen LogP contribution in [-0.2, 0) is 21.7 Å². The van der Waals surface area contributed by atoms with Crippen LogP contribution in [0.5, 0.6) is 5.75 Å². The SMILES string of the molecule is O=[N+]([O-])c1cc(COC(c2ccccc2)(c2ccccc2)c2ccccc2)ccc1O[C@@H]1OC(CO)[C@H](O)C(O)[C@H]1O. The van der Waals surface area contributed by atoms with Crippen LogP contribution in [0.3, 0.4) is 0 Å². The molecular weight excluding hydrogens is 542 g/mol. The quantitative estimate of drug-likeness (QED) is 0.127. The van der Waals surface area contributed by atoms with Gasteiger partial charge in [0.1, 0.15) is 30.0 Å². The van der Waals surface area contributed by atoms with Crippen LogP contribution in [0.1, 0.15) is 22.3 Å². The monoisotopic (exact) mass is 573 g/mol. The number of nitro groups is 1. The standard InChI is InChI=1S/C32H31NO9/c34-19-27-28(35)29(36)30(37)31(42-27)41-26-17-16-21(18-25(26)33(38)39)20-40-32(22-10-4-1-5-11-22,23-12-6-2-7-13-23)24-14-8-3-9-15-24/h1-18,27-31,34-37H,19-20H2/t27?,28-,29?,30+,31+/m0/s1. The van der Waals surface area contributed by atoms with Gasteiger partial charge in [0.25, 0.3) is 0 Å². The van der Waals surface area contributed by atoms with Crippen molar-refractivity contribution in [2.75, 3.05) is 6.61 Å². The lowest BCUT2D eigenvalue weighted by atomic mass is 9.80. The number of benzene rings is 4. The summed E-state index contributed by atoms with van der Waals surface area (Å²) in [4.78, 5) is 11.4. The Bertz CT molecular complexity index is 1370. The number of aliphatic hydroxyl groups is 4. The van der Waals surface area contributed by atoms with Gasteiger partial charge in [-0.3, -0.25) is 10.1 Å². The second-order valence-electron chi connectivity index (χ2n) is 9.94. The Balaban J connectivity index is 1.48. The van der Waals surface area contributed by atoms with Gasteiger partial charge >= 0.3 is 5.69 Å². The van der Waals surface area contributed by atoms with Crippen molar-refractivity contribution >= 4 is 5.69 Å². The number of hydrogen-bond donors (Lipinski definition) is 4. The van der Waals surface area contributed by atoms with Crippen LogP contribution in [0.2, 0.25) is 0 Å². The largest absolute Gasteiger partial charge is 0.455 e. The number of nitro benzene ring substituents is 1. The van der Waals surface area contributed by atoms with Crippen molar-refractivity contribution in [3.63, 3.8) is 0 Å². The van der Waals surface area contributed by atoms with Gasteiger partial charge in [-0.05, 0) is 28.3 Å². The topological polar surface area (TPSA) is 152 Å². The third-order valence-corrected chi connectivity index (χ3v) is 7.31. The highest BCUT2D eigenvalue weighted by molar-refractivity contribution is 5.50. The van der Waals surface area contributed by atoms with E-state index in [-0.39, 0.29) is 12.4 Å². The molecule has 1 saturated heterocycles. The first kappa shape index (κ1) is 29.3. The van der Waals surface area contributed by atoms with Gasteiger partial charge in [0.05, 0.1) is 18.1 Å². The van der Waals surface area contributed by atoms with Crippen LogP contribution in [0.4, 0.5) is 5.69 Å². The van der Waals surface area contributed by atoms with E-state index in [0.717, 1.165) is 16.7 Å². The fourth-order valence-electron chi connectivity index (χ4n) is 5.15. The molecule has 218 valence electrons. The predicted octanol–water partition coefficient (Wildman–Crippen LogP) is 3.28. The summed E-state index contributed by atoms with van der Waals surface area (Å²) < 4.78 is 17.7. The summed E-state index contributed by atoms with van der Waals surface area (Å²) in [6.45, 7) is -0.672. The second-order valence-corrected chi connectivity index (χ2v) is 9.94. The molecule has 4 aromatic rings. The summed E-state index contributed by atoms with van der Waals surface area (Å²) in [5, 5.41) is 51.9. The Morgan fingerprint density at radius 3 is 1.76 bits per heavy atom. The maximum Gasteiger partial charge on any atom is 0.311 e. The number of rotatable bonds is 10. The smallest absolute Gasteiger partial charge is 0.311 e. The fourth-order valence-corrected chi connectivity index (χ4v) is 5.15. The van der Waals surface area contributed by atoms with Crippen molar-refractivity contribution in [3.8, 4) is 5.75 Å². The highest BCUT2D eigenvalue weighted by atomic mass is 16.7. The van der Waals surface area contributed by atoms with E-state index >= 15 is 0 Å². The van der Waals surface area contributed by atoms with Crippen LogP contribution in [0.15, 0.2) is 109 Å². The van der Waals surface area contributed by atoms with Gasteiger partial charge in [-0.1, -0.05) is 97.1 Å². The Morgan fingerprint density at radius 1 is 0.762 bits per heavy atom. The van der Waals surface area contributed by atoms with Gasteiger partial charge < -0.3 is 34.6 Å². The zero-order chi connectivity index (χ0) is 29.7. The van der Waals surface area contributed by atoms with E-state index in [4.69, 9.17) is 14.2 Å². The predicted molar refractivity (Wildman–Crippen MR) is 151 cm³/mol. The molecule has 0 radical (unpaired) electrons. The molecule has 1 heterocycles. The molecule has 0 aromatic heterocycles. The third-order valence-electron chi connectivity index (χ3n) is 7.31. The summed E-state index contributed by atoms with van der Waals surface area (Å²) in [5.41, 5.74) is 1.65. The van der Waals surface area contributed by atoms with E-state index < -0.39 is 53.5 Å². The van der Waals surface area contributed by atoms with Crippen LogP contribution in [0, 0.1) is 10.1 Å². The lowest BCUT2D eigenvalue weighted by molar-refractivity contribution is -0.387. The molecule has 2 unspecified atom stereocenters. The first-order valence-electron chi connectivity index (χ1n) is 13.4. The van der Waals surface area contributed by atoms with Gasteiger partial charge in [0.2, 0.25) is 6.29 Å². The molecule has 0 spiro atoms. The molecule has 0 saturated carbocycles. The molecule has 1 fully saturated rings. The summed E-state index contributed by atoms with van der Waals surface area (Å²) >= 11 is 0. The van der Waals surface area contributed by atoms with Crippen molar-refractivity contribution in [2.45, 2.75) is 42.9 Å². The maximum atomic E-state index is 12.1. The number of ether oxygens (including phenoxy) is 3. The van der Waals surface area contributed by atoms with Gasteiger partial charge in [0, 0.05) is 6.07 Å².